The number of rotatable bonds is 6. The van der Waals surface area contributed by atoms with Gasteiger partial charge in [-0.25, -0.2) is 5.43 Å². The van der Waals surface area contributed by atoms with E-state index in [1.807, 2.05) is 6.92 Å². The molecule has 0 aliphatic carbocycles. The molecule has 0 heterocycles. The molecule has 23 heavy (non-hydrogen) atoms. The van der Waals surface area contributed by atoms with Gasteiger partial charge in [0, 0.05) is 5.56 Å². The van der Waals surface area contributed by atoms with Crippen LogP contribution in [-0.4, -0.2) is 28.9 Å². The van der Waals surface area contributed by atoms with E-state index < -0.39 is 12.0 Å². The molecule has 0 aromatic heterocycles. The third-order valence-electron chi connectivity index (χ3n) is 3.07. The fourth-order valence-electron chi connectivity index (χ4n) is 1.93. The maximum absolute atomic E-state index is 11.8. The zero-order valence-electron chi connectivity index (χ0n) is 12.6. The highest BCUT2D eigenvalue weighted by Gasteiger charge is 2.16. The number of carbonyl (C=O) groups is 1. The van der Waals surface area contributed by atoms with Gasteiger partial charge < -0.3 is 14.9 Å². The van der Waals surface area contributed by atoms with E-state index in [1.54, 1.807) is 48.5 Å². The second-order valence-electron chi connectivity index (χ2n) is 4.67. The first-order valence-electron chi connectivity index (χ1n) is 7.14. The molecule has 0 saturated carbocycles. The first kappa shape index (κ1) is 16.5. The normalized spacial score (nSPS) is 12.1. The van der Waals surface area contributed by atoms with Crippen LogP contribution in [0, 0.1) is 0 Å². The molecule has 1 amide bonds. The van der Waals surface area contributed by atoms with Gasteiger partial charge in [0.1, 0.15) is 0 Å². The highest BCUT2D eigenvalue weighted by Crippen LogP contribution is 2.28. The molecule has 0 unspecified atom stereocenters. The number of aliphatic hydroxyl groups excluding tert-OH is 1. The molecule has 2 rings (SSSR count). The Morgan fingerprint density at radius 2 is 2.00 bits per heavy atom. The number of hydrogen-bond acceptors (Lipinski definition) is 5. The summed E-state index contributed by atoms with van der Waals surface area (Å²) in [6, 6.07) is 13.5. The van der Waals surface area contributed by atoms with E-state index >= 15 is 0 Å². The summed E-state index contributed by atoms with van der Waals surface area (Å²) >= 11 is 0. The van der Waals surface area contributed by atoms with Crippen LogP contribution in [0.5, 0.6) is 11.5 Å². The summed E-state index contributed by atoms with van der Waals surface area (Å²) in [6.07, 6.45) is -0.0234. The van der Waals surface area contributed by atoms with Crippen molar-refractivity contribution in [3.05, 3.63) is 59.7 Å². The van der Waals surface area contributed by atoms with Gasteiger partial charge in [0.15, 0.2) is 17.6 Å². The average molecular weight is 314 g/mol. The van der Waals surface area contributed by atoms with Crippen molar-refractivity contribution in [2.24, 2.45) is 5.10 Å². The van der Waals surface area contributed by atoms with Gasteiger partial charge in [0.2, 0.25) is 0 Å². The number of para-hydroxylation sites is 1. The van der Waals surface area contributed by atoms with E-state index in [2.05, 4.69) is 10.5 Å². The quantitative estimate of drug-likeness (QED) is 0.561. The lowest BCUT2D eigenvalue weighted by Gasteiger charge is -2.09. The minimum Gasteiger partial charge on any atom is -0.504 e. The molecule has 0 fully saturated rings. The standard InChI is InChI=1S/C17H18N2O4/c1-2-23-14-10-6-9-13(15(14)20)11-18-19-17(22)16(21)12-7-4-3-5-8-12/h3-11,16,20-21H,2H2,1H3,(H,19,22)/b18-11-/t16-/m1/s1. The van der Waals surface area contributed by atoms with Gasteiger partial charge in [0.25, 0.3) is 5.91 Å². The Morgan fingerprint density at radius 3 is 2.70 bits per heavy atom. The number of phenolic OH excluding ortho intramolecular Hbond substituents is 1. The van der Waals surface area contributed by atoms with Crippen molar-refractivity contribution in [3.63, 3.8) is 0 Å². The van der Waals surface area contributed by atoms with E-state index in [4.69, 9.17) is 4.74 Å². The fourth-order valence-corrected chi connectivity index (χ4v) is 1.93. The third kappa shape index (κ3) is 4.31. The Morgan fingerprint density at radius 1 is 1.26 bits per heavy atom. The minimum absolute atomic E-state index is 0.0593. The summed E-state index contributed by atoms with van der Waals surface area (Å²) in [7, 11) is 0. The van der Waals surface area contributed by atoms with Crippen molar-refractivity contribution in [2.75, 3.05) is 6.61 Å². The van der Waals surface area contributed by atoms with Gasteiger partial charge in [-0.1, -0.05) is 36.4 Å². The van der Waals surface area contributed by atoms with Gasteiger partial charge in [0.05, 0.1) is 12.8 Å². The number of carbonyl (C=O) groups excluding carboxylic acids is 1. The monoisotopic (exact) mass is 314 g/mol. The fraction of sp³-hybridized carbons (Fsp3) is 0.176. The highest BCUT2D eigenvalue weighted by molar-refractivity contribution is 5.87. The predicted octanol–water partition coefficient (Wildman–Crippen LogP) is 1.97. The van der Waals surface area contributed by atoms with Crippen LogP contribution in [0.25, 0.3) is 0 Å². The van der Waals surface area contributed by atoms with Crippen LogP contribution in [-0.2, 0) is 4.79 Å². The van der Waals surface area contributed by atoms with E-state index in [0.29, 0.717) is 23.5 Å². The van der Waals surface area contributed by atoms with E-state index in [1.165, 1.54) is 6.21 Å². The number of nitrogens with one attached hydrogen (secondary N) is 1. The molecule has 0 aliphatic rings. The molecule has 0 saturated heterocycles. The molecule has 6 heteroatoms. The molecule has 3 N–H and O–H groups in total. The summed E-state index contributed by atoms with van der Waals surface area (Å²) in [6.45, 7) is 2.24. The smallest absolute Gasteiger partial charge is 0.273 e. The van der Waals surface area contributed by atoms with Crippen LogP contribution in [0.4, 0.5) is 0 Å². The Kier molecular flexibility index (Phi) is 5.71. The number of nitrogens with zero attached hydrogens (tertiary/aromatic N) is 1. The summed E-state index contributed by atoms with van der Waals surface area (Å²) < 4.78 is 5.26. The largest absolute Gasteiger partial charge is 0.504 e. The number of hydrogen-bond donors (Lipinski definition) is 3. The van der Waals surface area contributed by atoms with Crippen LogP contribution >= 0.6 is 0 Å². The zero-order chi connectivity index (χ0) is 16.7. The van der Waals surface area contributed by atoms with E-state index in [9.17, 15) is 15.0 Å². The minimum atomic E-state index is -1.31. The zero-order valence-corrected chi connectivity index (χ0v) is 12.6. The van der Waals surface area contributed by atoms with Crippen molar-refractivity contribution < 1.29 is 19.7 Å². The molecule has 2 aromatic rings. The molecule has 120 valence electrons. The predicted molar refractivity (Wildman–Crippen MR) is 86.4 cm³/mol. The van der Waals surface area contributed by atoms with Crippen molar-refractivity contribution in [2.45, 2.75) is 13.0 Å². The number of phenols is 1. The Bertz CT molecular complexity index is 686. The van der Waals surface area contributed by atoms with Crippen LogP contribution in [0.2, 0.25) is 0 Å². The van der Waals surface area contributed by atoms with Crippen LogP contribution in [0.15, 0.2) is 53.6 Å². The van der Waals surface area contributed by atoms with Crippen molar-refractivity contribution in [1.29, 1.82) is 0 Å². The highest BCUT2D eigenvalue weighted by atomic mass is 16.5. The molecule has 6 nitrogen and oxygen atoms in total. The van der Waals surface area contributed by atoms with Crippen LogP contribution in [0.3, 0.4) is 0 Å². The van der Waals surface area contributed by atoms with Gasteiger partial charge in [-0.2, -0.15) is 5.10 Å². The van der Waals surface area contributed by atoms with Gasteiger partial charge in [-0.15, -0.1) is 0 Å². The molecule has 0 bridgehead atoms. The second kappa shape index (κ2) is 7.95. The molecule has 2 aromatic carbocycles. The number of benzene rings is 2. The van der Waals surface area contributed by atoms with Gasteiger partial charge >= 0.3 is 0 Å². The lowest BCUT2D eigenvalue weighted by atomic mass is 10.1. The van der Waals surface area contributed by atoms with Crippen molar-refractivity contribution >= 4 is 12.1 Å². The Balaban J connectivity index is 2.02. The summed E-state index contributed by atoms with van der Waals surface area (Å²) in [5.41, 5.74) is 3.10. The lowest BCUT2D eigenvalue weighted by Crippen LogP contribution is -2.25. The number of ether oxygens (including phenoxy) is 1. The van der Waals surface area contributed by atoms with Gasteiger partial charge in [-0.3, -0.25) is 4.79 Å². The topological polar surface area (TPSA) is 91.2 Å². The number of aromatic hydroxyl groups is 1. The number of aliphatic hydroxyl groups is 1. The van der Waals surface area contributed by atoms with Crippen molar-refractivity contribution in [1.82, 2.24) is 5.43 Å². The SMILES string of the molecule is CCOc1cccc(/C=N\NC(=O)[C@H](O)c2ccccc2)c1O. The molecule has 0 spiro atoms. The summed E-state index contributed by atoms with van der Waals surface area (Å²) in [5, 5.41) is 23.6. The first-order valence-corrected chi connectivity index (χ1v) is 7.14. The van der Waals surface area contributed by atoms with Crippen LogP contribution < -0.4 is 10.2 Å². The molecular weight excluding hydrogens is 296 g/mol. The van der Waals surface area contributed by atoms with E-state index in [-0.39, 0.29) is 5.75 Å². The Labute approximate surface area is 134 Å². The molecule has 1 atom stereocenters. The maximum atomic E-state index is 11.8. The van der Waals surface area contributed by atoms with Crippen LogP contribution in [0.1, 0.15) is 24.2 Å². The molecule has 0 aliphatic heterocycles. The molecule has 0 radical (unpaired) electrons. The van der Waals surface area contributed by atoms with Gasteiger partial charge in [-0.05, 0) is 24.6 Å². The third-order valence-corrected chi connectivity index (χ3v) is 3.07. The lowest BCUT2D eigenvalue weighted by molar-refractivity contribution is -0.129. The summed E-state index contributed by atoms with van der Waals surface area (Å²) in [4.78, 5) is 11.8. The number of hydrazone groups is 1. The Hall–Kier alpha value is -2.86. The van der Waals surface area contributed by atoms with E-state index in [0.717, 1.165) is 0 Å². The average Bonchev–Trinajstić information content (AvgIpc) is 2.58. The first-order chi connectivity index (χ1) is 11.1. The van der Waals surface area contributed by atoms with Crippen molar-refractivity contribution in [3.8, 4) is 11.5 Å². The second-order valence-corrected chi connectivity index (χ2v) is 4.67. The number of amides is 1. The summed E-state index contributed by atoms with van der Waals surface area (Å²) in [5.74, 6) is -0.379. The maximum Gasteiger partial charge on any atom is 0.273 e. The molecular formula is C17H18N2O4.